The van der Waals surface area contributed by atoms with E-state index in [9.17, 15) is 23.1 Å². The summed E-state index contributed by atoms with van der Waals surface area (Å²) >= 11 is 0. The Kier molecular flexibility index (Phi) is 5.96. The normalized spacial score (nSPS) is 36.1. The Bertz CT molecular complexity index is 1330. The Labute approximate surface area is 223 Å². The number of ketones is 1. The largest absolute Gasteiger partial charge is 0.456 e. The predicted molar refractivity (Wildman–Crippen MR) is 136 cm³/mol. The SMILES string of the molecule is C[C@]12C[C@H](c3ccc(-c4cccnc4)cc3)[C@H]3[C@@H](CCC4=CC(=O)CC[C@@H]43)[C@@H]1C=C[C@@]2(O)C(F)(F)C(F)(F)F. The number of nitrogens with zero attached hydrogens (tertiary/aromatic N) is 1. The highest BCUT2D eigenvalue weighted by Crippen LogP contribution is 2.69. The van der Waals surface area contributed by atoms with Crippen LogP contribution in [-0.2, 0) is 4.79 Å². The van der Waals surface area contributed by atoms with Gasteiger partial charge >= 0.3 is 12.1 Å². The van der Waals surface area contributed by atoms with Crippen LogP contribution in [0.1, 0.15) is 50.5 Å². The molecule has 8 heteroatoms. The summed E-state index contributed by atoms with van der Waals surface area (Å²) in [6.45, 7) is 1.40. The summed E-state index contributed by atoms with van der Waals surface area (Å²) < 4.78 is 71.2. The van der Waals surface area contributed by atoms with Crippen molar-refractivity contribution in [2.24, 2.45) is 29.1 Å². The van der Waals surface area contributed by atoms with Crippen LogP contribution in [0.5, 0.6) is 0 Å². The number of pyridine rings is 1. The summed E-state index contributed by atoms with van der Waals surface area (Å²) in [5.74, 6) is -6.40. The van der Waals surface area contributed by atoms with E-state index in [1.165, 1.54) is 13.0 Å². The number of benzene rings is 1. The first-order valence-corrected chi connectivity index (χ1v) is 13.5. The quantitative estimate of drug-likeness (QED) is 0.327. The summed E-state index contributed by atoms with van der Waals surface area (Å²) in [5.41, 5.74) is -1.36. The maximum absolute atomic E-state index is 15.1. The number of allylic oxidation sites excluding steroid dienone is 3. The molecule has 0 unspecified atom stereocenters. The van der Waals surface area contributed by atoms with Gasteiger partial charge in [-0.05, 0) is 90.2 Å². The minimum Gasteiger partial charge on any atom is -0.378 e. The number of aromatic nitrogens is 1. The maximum Gasteiger partial charge on any atom is 0.456 e. The summed E-state index contributed by atoms with van der Waals surface area (Å²) in [6.07, 6.45) is 3.58. The fourth-order valence-electron chi connectivity index (χ4n) is 8.26. The number of hydrogen-bond acceptors (Lipinski definition) is 3. The number of carbonyl (C=O) groups is 1. The van der Waals surface area contributed by atoms with Crippen LogP contribution in [0.15, 0.2) is 72.6 Å². The van der Waals surface area contributed by atoms with Gasteiger partial charge in [-0.25, -0.2) is 0 Å². The van der Waals surface area contributed by atoms with Crippen LogP contribution >= 0.6 is 0 Å². The fourth-order valence-corrected chi connectivity index (χ4v) is 8.26. The molecule has 0 amide bonds. The second kappa shape index (κ2) is 8.82. The van der Waals surface area contributed by atoms with Crippen molar-refractivity contribution >= 4 is 5.78 Å². The summed E-state index contributed by atoms with van der Waals surface area (Å²) in [5, 5.41) is 11.3. The molecule has 0 saturated heterocycles. The zero-order valence-corrected chi connectivity index (χ0v) is 21.5. The molecule has 1 aromatic heterocycles. The molecule has 0 radical (unpaired) electrons. The van der Waals surface area contributed by atoms with Gasteiger partial charge in [0.25, 0.3) is 0 Å². The zero-order valence-electron chi connectivity index (χ0n) is 21.5. The van der Waals surface area contributed by atoms with E-state index in [2.05, 4.69) is 4.98 Å². The van der Waals surface area contributed by atoms with Crippen molar-refractivity contribution in [2.75, 3.05) is 0 Å². The van der Waals surface area contributed by atoms with Gasteiger partial charge in [0.05, 0.1) is 0 Å². The van der Waals surface area contributed by atoms with E-state index in [0.29, 0.717) is 25.7 Å². The van der Waals surface area contributed by atoms with E-state index in [-0.39, 0.29) is 35.9 Å². The average molecular weight is 544 g/mol. The van der Waals surface area contributed by atoms with Gasteiger partial charge in [0.2, 0.25) is 0 Å². The van der Waals surface area contributed by atoms with Gasteiger partial charge in [0.1, 0.15) is 0 Å². The third kappa shape index (κ3) is 3.77. The van der Waals surface area contributed by atoms with Crippen LogP contribution in [0.2, 0.25) is 0 Å². The topological polar surface area (TPSA) is 50.2 Å². The molecule has 7 atom stereocenters. The Morgan fingerprint density at radius 2 is 1.72 bits per heavy atom. The van der Waals surface area contributed by atoms with Crippen LogP contribution in [0.25, 0.3) is 11.1 Å². The fraction of sp³-hybridized carbons (Fsp3) is 0.484. The standard InChI is InChI=1S/C31H30F5NO2/c1-28-16-25(19-6-4-18(5-7-19)21-3-2-14-37-17-21)27-23-11-9-22(38)15-20(23)8-10-24(27)26(28)12-13-29(28,39)30(32,33)31(34,35)36/h2-7,12-15,17,23-27,39H,8-11,16H2,1H3/t23-,24-,25+,26-,27+,28-,29-/m0/s1. The van der Waals surface area contributed by atoms with Crippen LogP contribution in [0, 0.1) is 29.1 Å². The van der Waals surface area contributed by atoms with Crippen molar-refractivity contribution < 1.29 is 31.9 Å². The Hall–Kier alpha value is -2.87. The highest BCUT2D eigenvalue weighted by Gasteiger charge is 2.78. The lowest BCUT2D eigenvalue weighted by atomic mass is 9.46. The maximum atomic E-state index is 15.1. The third-order valence-electron chi connectivity index (χ3n) is 10.1. The van der Waals surface area contributed by atoms with Crippen molar-refractivity contribution in [3.63, 3.8) is 0 Å². The first kappa shape index (κ1) is 26.4. The Morgan fingerprint density at radius 3 is 2.38 bits per heavy atom. The molecule has 1 heterocycles. The molecule has 1 N–H and O–H groups in total. The van der Waals surface area contributed by atoms with E-state index >= 15 is 8.78 Å². The number of aliphatic hydroxyl groups is 1. The first-order chi connectivity index (χ1) is 18.4. The van der Waals surface area contributed by atoms with Crippen molar-refractivity contribution in [3.05, 3.63) is 78.2 Å². The number of halogens is 5. The average Bonchev–Trinajstić information content (AvgIpc) is 3.19. The molecule has 4 aliphatic rings. The lowest BCUT2D eigenvalue weighted by Gasteiger charge is -2.59. The number of hydrogen-bond donors (Lipinski definition) is 1. The van der Waals surface area contributed by atoms with Gasteiger partial charge in [-0.3, -0.25) is 9.78 Å². The molecular weight excluding hydrogens is 513 g/mol. The predicted octanol–water partition coefficient (Wildman–Crippen LogP) is 7.29. The highest BCUT2D eigenvalue weighted by atomic mass is 19.4. The molecule has 3 nitrogen and oxygen atoms in total. The summed E-state index contributed by atoms with van der Waals surface area (Å²) in [4.78, 5) is 16.4. The van der Waals surface area contributed by atoms with Crippen LogP contribution in [0.3, 0.4) is 0 Å². The summed E-state index contributed by atoms with van der Waals surface area (Å²) in [6, 6.07) is 11.4. The molecule has 2 aromatic rings. The molecular formula is C31H30F5NO2. The molecule has 0 bridgehead atoms. The Balaban J connectivity index is 1.45. The number of carbonyl (C=O) groups excluding carboxylic acids is 1. The smallest absolute Gasteiger partial charge is 0.378 e. The van der Waals surface area contributed by atoms with Crippen LogP contribution in [-0.4, -0.2) is 33.6 Å². The number of alkyl halides is 5. The number of rotatable bonds is 3. The third-order valence-corrected chi connectivity index (χ3v) is 10.1. The van der Waals surface area contributed by atoms with Crippen LogP contribution < -0.4 is 0 Å². The van der Waals surface area contributed by atoms with Gasteiger partial charge < -0.3 is 5.11 Å². The van der Waals surface area contributed by atoms with Crippen LogP contribution in [0.4, 0.5) is 22.0 Å². The first-order valence-electron chi connectivity index (χ1n) is 13.5. The van der Waals surface area contributed by atoms with Gasteiger partial charge in [-0.2, -0.15) is 22.0 Å². The molecule has 6 rings (SSSR count). The molecule has 2 fully saturated rings. The lowest BCUT2D eigenvalue weighted by Crippen LogP contribution is -2.66. The lowest BCUT2D eigenvalue weighted by molar-refractivity contribution is -0.354. The van der Waals surface area contributed by atoms with Crippen molar-refractivity contribution in [3.8, 4) is 11.1 Å². The second-order valence-corrected chi connectivity index (χ2v) is 11.9. The Morgan fingerprint density at radius 1 is 0.974 bits per heavy atom. The van der Waals surface area contributed by atoms with E-state index in [4.69, 9.17) is 0 Å². The summed E-state index contributed by atoms with van der Waals surface area (Å²) in [7, 11) is 0. The highest BCUT2D eigenvalue weighted by molar-refractivity contribution is 5.91. The van der Waals surface area contributed by atoms with E-state index in [1.54, 1.807) is 18.5 Å². The minimum atomic E-state index is -5.89. The molecule has 4 aliphatic carbocycles. The monoisotopic (exact) mass is 543 g/mol. The van der Waals surface area contributed by atoms with Gasteiger partial charge in [-0.15, -0.1) is 0 Å². The molecule has 1 aromatic carbocycles. The van der Waals surface area contributed by atoms with E-state index < -0.39 is 29.0 Å². The van der Waals surface area contributed by atoms with Gasteiger partial charge in [-0.1, -0.05) is 48.9 Å². The molecule has 39 heavy (non-hydrogen) atoms. The molecule has 206 valence electrons. The zero-order chi connectivity index (χ0) is 27.8. The molecule has 2 saturated carbocycles. The van der Waals surface area contributed by atoms with Crippen molar-refractivity contribution in [1.82, 2.24) is 4.98 Å². The molecule has 0 spiro atoms. The minimum absolute atomic E-state index is 0.0298. The second-order valence-electron chi connectivity index (χ2n) is 11.9. The number of fused-ring (bicyclic) bond motifs is 5. The molecule has 0 aliphatic heterocycles. The van der Waals surface area contributed by atoms with Crippen molar-refractivity contribution in [2.45, 2.75) is 62.6 Å². The van der Waals surface area contributed by atoms with E-state index in [0.717, 1.165) is 28.3 Å². The van der Waals surface area contributed by atoms with Gasteiger partial charge in [0, 0.05) is 24.2 Å². The van der Waals surface area contributed by atoms with Gasteiger partial charge in [0.15, 0.2) is 11.4 Å². The van der Waals surface area contributed by atoms with Crippen molar-refractivity contribution in [1.29, 1.82) is 0 Å². The van der Waals surface area contributed by atoms with E-state index in [1.807, 2.05) is 36.4 Å².